The van der Waals surface area contributed by atoms with Crippen molar-refractivity contribution in [3.8, 4) is 5.75 Å². The van der Waals surface area contributed by atoms with E-state index >= 15 is 0 Å². The van der Waals surface area contributed by atoms with Gasteiger partial charge in [-0.2, -0.15) is 0 Å². The molecule has 0 atom stereocenters. The number of ether oxygens (including phenoxy) is 1. The molecule has 2 aromatic rings. The molecule has 1 aromatic heterocycles. The molecule has 0 unspecified atom stereocenters. The number of hydrogen-bond acceptors (Lipinski definition) is 5. The van der Waals surface area contributed by atoms with Gasteiger partial charge in [0.2, 0.25) is 0 Å². The molecule has 0 radical (unpaired) electrons. The van der Waals surface area contributed by atoms with Gasteiger partial charge in [0.1, 0.15) is 11.6 Å². The largest absolute Gasteiger partial charge is 0.497 e. The summed E-state index contributed by atoms with van der Waals surface area (Å²) in [7, 11) is 1.68. The molecule has 3 rings (SSSR count). The third kappa shape index (κ3) is 6.35. The first-order valence-electron chi connectivity index (χ1n) is 10.8. The molecular weight excluding hydrogens is 376 g/mol. The molecule has 1 aromatic carbocycles. The zero-order valence-corrected chi connectivity index (χ0v) is 18.4. The Balaban J connectivity index is 1.53. The average Bonchev–Trinajstić information content (AvgIpc) is 2.81. The van der Waals surface area contributed by atoms with Gasteiger partial charge in [0.25, 0.3) is 0 Å². The zero-order chi connectivity index (χ0) is 21.2. The lowest BCUT2D eigenvalue weighted by molar-refractivity contribution is 0.270. The number of anilines is 1. The van der Waals surface area contributed by atoms with Crippen molar-refractivity contribution in [1.82, 2.24) is 20.5 Å². The van der Waals surface area contributed by atoms with E-state index in [-0.39, 0.29) is 0 Å². The number of likely N-dealkylation sites (N-methyl/N-ethyl adjacent to an activating group) is 1. The number of aromatic nitrogens is 1. The summed E-state index contributed by atoms with van der Waals surface area (Å²) in [5, 5.41) is 6.68. The first kappa shape index (κ1) is 21.9. The average molecular weight is 411 g/mol. The minimum atomic E-state index is 0.592. The lowest BCUT2D eigenvalue weighted by Gasteiger charge is -2.34. The standard InChI is InChI=1S/C23H34N6O/c1-4-24-23(26-16-19-6-9-21(30-3)10-7-19)27-18-20-8-11-22(25-17-20)29-14-12-28(5-2)13-15-29/h6-11,17H,4-5,12-16,18H2,1-3H3,(H2,24,26,27). The van der Waals surface area contributed by atoms with Crippen LogP contribution in [-0.4, -0.2) is 62.2 Å². The van der Waals surface area contributed by atoms with Crippen LogP contribution in [0, 0.1) is 0 Å². The number of benzene rings is 1. The molecule has 0 saturated carbocycles. The quantitative estimate of drug-likeness (QED) is 0.515. The van der Waals surface area contributed by atoms with E-state index < -0.39 is 0 Å². The molecule has 7 heteroatoms. The van der Waals surface area contributed by atoms with E-state index in [0.29, 0.717) is 13.1 Å². The molecule has 2 N–H and O–H groups in total. The van der Waals surface area contributed by atoms with Gasteiger partial charge in [-0.05, 0) is 42.8 Å². The van der Waals surface area contributed by atoms with Crippen molar-refractivity contribution in [2.24, 2.45) is 4.99 Å². The van der Waals surface area contributed by atoms with Gasteiger partial charge >= 0.3 is 0 Å². The number of piperazine rings is 1. The van der Waals surface area contributed by atoms with Gasteiger partial charge in [0.05, 0.1) is 13.7 Å². The highest BCUT2D eigenvalue weighted by Gasteiger charge is 2.16. The van der Waals surface area contributed by atoms with E-state index in [9.17, 15) is 0 Å². The monoisotopic (exact) mass is 410 g/mol. The Hall–Kier alpha value is -2.80. The van der Waals surface area contributed by atoms with E-state index in [1.54, 1.807) is 7.11 Å². The van der Waals surface area contributed by atoms with Crippen molar-refractivity contribution in [2.45, 2.75) is 26.9 Å². The molecule has 0 aliphatic carbocycles. The minimum absolute atomic E-state index is 0.592. The Kier molecular flexibility index (Phi) is 8.32. The molecule has 30 heavy (non-hydrogen) atoms. The number of nitrogens with one attached hydrogen (secondary N) is 2. The van der Waals surface area contributed by atoms with Gasteiger partial charge < -0.3 is 25.2 Å². The predicted octanol–water partition coefficient (Wildman–Crippen LogP) is 2.49. The minimum Gasteiger partial charge on any atom is -0.497 e. The first-order valence-corrected chi connectivity index (χ1v) is 10.8. The lowest BCUT2D eigenvalue weighted by atomic mass is 10.2. The van der Waals surface area contributed by atoms with Crippen molar-refractivity contribution in [3.05, 3.63) is 53.7 Å². The molecule has 0 amide bonds. The summed E-state index contributed by atoms with van der Waals surface area (Å²) in [6, 6.07) is 12.3. The third-order valence-corrected chi connectivity index (χ3v) is 5.34. The summed E-state index contributed by atoms with van der Waals surface area (Å²) >= 11 is 0. The Labute approximate surface area is 180 Å². The molecule has 7 nitrogen and oxygen atoms in total. The van der Waals surface area contributed by atoms with Crippen molar-refractivity contribution < 1.29 is 4.74 Å². The summed E-state index contributed by atoms with van der Waals surface area (Å²) in [5.41, 5.74) is 2.28. The lowest BCUT2D eigenvalue weighted by Crippen LogP contribution is -2.46. The van der Waals surface area contributed by atoms with Crippen LogP contribution < -0.4 is 20.3 Å². The number of nitrogens with zero attached hydrogens (tertiary/aromatic N) is 4. The van der Waals surface area contributed by atoms with Crippen LogP contribution >= 0.6 is 0 Å². The number of aliphatic imine (C=N–C) groups is 1. The maximum atomic E-state index is 5.21. The number of rotatable bonds is 8. The molecule has 162 valence electrons. The Morgan fingerprint density at radius 2 is 1.73 bits per heavy atom. The number of methoxy groups -OCH3 is 1. The summed E-state index contributed by atoms with van der Waals surface area (Å²) in [5.74, 6) is 2.72. The molecule has 2 heterocycles. The van der Waals surface area contributed by atoms with Crippen LogP contribution in [0.3, 0.4) is 0 Å². The van der Waals surface area contributed by atoms with Crippen LogP contribution in [0.4, 0.5) is 5.82 Å². The van der Waals surface area contributed by atoms with Crippen LogP contribution in [0.25, 0.3) is 0 Å². The summed E-state index contributed by atoms with van der Waals surface area (Å²) in [6.07, 6.45) is 1.94. The van der Waals surface area contributed by atoms with Crippen molar-refractivity contribution in [2.75, 3.05) is 51.3 Å². The van der Waals surface area contributed by atoms with Crippen molar-refractivity contribution >= 4 is 11.8 Å². The number of pyridine rings is 1. The van der Waals surface area contributed by atoms with Crippen LogP contribution in [0.15, 0.2) is 47.6 Å². The van der Waals surface area contributed by atoms with Crippen molar-refractivity contribution in [1.29, 1.82) is 0 Å². The third-order valence-electron chi connectivity index (χ3n) is 5.34. The van der Waals surface area contributed by atoms with Crippen LogP contribution in [0.1, 0.15) is 25.0 Å². The van der Waals surface area contributed by atoms with Crippen molar-refractivity contribution in [3.63, 3.8) is 0 Å². The van der Waals surface area contributed by atoms with Gasteiger partial charge in [-0.1, -0.05) is 25.1 Å². The SMILES string of the molecule is CCNC(=NCc1ccc(N2CCN(CC)CC2)nc1)NCc1ccc(OC)cc1. The second-order valence-electron chi connectivity index (χ2n) is 7.34. The number of guanidine groups is 1. The second-order valence-corrected chi connectivity index (χ2v) is 7.34. The summed E-state index contributed by atoms with van der Waals surface area (Å²) in [6.45, 7) is 11.8. The van der Waals surface area contributed by atoms with E-state index in [4.69, 9.17) is 9.73 Å². The van der Waals surface area contributed by atoms with Gasteiger partial charge in [-0.15, -0.1) is 0 Å². The predicted molar refractivity (Wildman–Crippen MR) is 123 cm³/mol. The molecule has 1 fully saturated rings. The summed E-state index contributed by atoms with van der Waals surface area (Å²) < 4.78 is 5.21. The molecule has 1 aliphatic heterocycles. The van der Waals surface area contributed by atoms with E-state index in [1.807, 2.05) is 18.3 Å². The van der Waals surface area contributed by atoms with Gasteiger partial charge in [0.15, 0.2) is 5.96 Å². The van der Waals surface area contributed by atoms with E-state index in [0.717, 1.165) is 62.4 Å². The Morgan fingerprint density at radius 1 is 1.00 bits per heavy atom. The van der Waals surface area contributed by atoms with Crippen LogP contribution in [0.5, 0.6) is 5.75 Å². The van der Waals surface area contributed by atoms with Crippen LogP contribution in [0.2, 0.25) is 0 Å². The molecule has 0 bridgehead atoms. The second kappa shape index (κ2) is 11.4. The van der Waals surface area contributed by atoms with Gasteiger partial charge in [-0.25, -0.2) is 9.98 Å². The van der Waals surface area contributed by atoms with E-state index in [2.05, 4.69) is 63.5 Å². The summed E-state index contributed by atoms with van der Waals surface area (Å²) in [4.78, 5) is 14.2. The first-order chi connectivity index (χ1) is 14.7. The zero-order valence-electron chi connectivity index (χ0n) is 18.4. The fourth-order valence-corrected chi connectivity index (χ4v) is 3.43. The maximum Gasteiger partial charge on any atom is 0.191 e. The molecule has 0 spiro atoms. The fourth-order valence-electron chi connectivity index (χ4n) is 3.43. The smallest absolute Gasteiger partial charge is 0.191 e. The number of hydrogen-bond donors (Lipinski definition) is 2. The fraction of sp³-hybridized carbons (Fsp3) is 0.478. The highest BCUT2D eigenvalue weighted by atomic mass is 16.5. The van der Waals surface area contributed by atoms with E-state index in [1.165, 1.54) is 5.56 Å². The maximum absolute atomic E-state index is 5.21. The highest BCUT2D eigenvalue weighted by Crippen LogP contribution is 2.14. The van der Waals surface area contributed by atoms with Crippen LogP contribution in [-0.2, 0) is 13.1 Å². The highest BCUT2D eigenvalue weighted by molar-refractivity contribution is 5.79. The Bertz CT molecular complexity index is 782. The molecular formula is C23H34N6O. The molecule has 1 aliphatic rings. The normalized spacial score (nSPS) is 15.2. The van der Waals surface area contributed by atoms with Gasteiger partial charge in [-0.3, -0.25) is 0 Å². The Morgan fingerprint density at radius 3 is 2.33 bits per heavy atom. The topological polar surface area (TPSA) is 65.0 Å². The van der Waals surface area contributed by atoms with Gasteiger partial charge in [0, 0.05) is 45.5 Å². The molecule has 1 saturated heterocycles.